The van der Waals surface area contributed by atoms with Crippen molar-refractivity contribution in [1.29, 1.82) is 0 Å². The average molecular weight is 377 g/mol. The lowest BCUT2D eigenvalue weighted by Gasteiger charge is -2.09. The van der Waals surface area contributed by atoms with Crippen LogP contribution in [0.2, 0.25) is 5.02 Å². The van der Waals surface area contributed by atoms with Gasteiger partial charge in [0.1, 0.15) is 11.5 Å². The lowest BCUT2D eigenvalue weighted by molar-refractivity contribution is 0.385. The third kappa shape index (κ3) is 3.61. The third-order valence-electron chi connectivity index (χ3n) is 3.82. The van der Waals surface area contributed by atoms with Gasteiger partial charge in [0.05, 0.1) is 10.5 Å². The number of nitrogens with two attached hydrogens (primary N) is 1. The van der Waals surface area contributed by atoms with Gasteiger partial charge >= 0.3 is 0 Å². The number of hydrogen-bond acceptors (Lipinski definition) is 4. The number of nitrogens with zero attached hydrogens (tertiary/aromatic N) is 1. The number of hydrogen-bond donors (Lipinski definition) is 1. The van der Waals surface area contributed by atoms with Gasteiger partial charge in [-0.15, -0.1) is 0 Å². The molecule has 0 unspecified atom stereocenters. The zero-order chi connectivity index (χ0) is 18.0. The fourth-order valence-corrected chi connectivity index (χ4v) is 3.60. The number of halogens is 1. The first-order valence-corrected chi connectivity index (χ1v) is 9.71. The lowest BCUT2D eigenvalue weighted by Crippen LogP contribution is -2.13. The van der Waals surface area contributed by atoms with E-state index < -0.39 is 10.0 Å². The van der Waals surface area contributed by atoms with Crippen LogP contribution in [0.4, 0.5) is 0 Å². The molecule has 0 saturated heterocycles. The maximum absolute atomic E-state index is 12.0. The molecule has 0 spiro atoms. The van der Waals surface area contributed by atoms with Crippen molar-refractivity contribution in [3.8, 4) is 22.4 Å². The van der Waals surface area contributed by atoms with Gasteiger partial charge in [0.25, 0.3) is 0 Å². The minimum absolute atomic E-state index is 0.0470. The molecule has 0 amide bonds. The summed E-state index contributed by atoms with van der Waals surface area (Å²) < 4.78 is 29.6. The summed E-state index contributed by atoms with van der Waals surface area (Å²) in [5.41, 5.74) is 2.49. The van der Waals surface area contributed by atoms with Crippen molar-refractivity contribution in [3.05, 3.63) is 59.3 Å². The molecule has 0 aliphatic carbocycles. The number of sulfonamides is 1. The van der Waals surface area contributed by atoms with E-state index in [-0.39, 0.29) is 4.90 Å². The highest BCUT2D eigenvalue weighted by atomic mass is 35.5. The monoisotopic (exact) mass is 376 g/mol. The Balaban J connectivity index is 2.29. The molecule has 7 heteroatoms. The molecule has 0 fully saturated rings. The number of aryl methyl sites for hydroxylation is 1. The molecule has 5 nitrogen and oxygen atoms in total. The van der Waals surface area contributed by atoms with Crippen molar-refractivity contribution in [3.63, 3.8) is 0 Å². The molecule has 3 rings (SSSR count). The maximum Gasteiger partial charge on any atom is 0.238 e. The second kappa shape index (κ2) is 7.00. The first-order chi connectivity index (χ1) is 11.9. The molecule has 0 aliphatic heterocycles. The van der Waals surface area contributed by atoms with Crippen LogP contribution in [-0.2, 0) is 16.4 Å². The van der Waals surface area contributed by atoms with Crippen LogP contribution in [0, 0.1) is 0 Å². The number of primary sulfonamides is 1. The van der Waals surface area contributed by atoms with Crippen LogP contribution in [0.1, 0.15) is 19.1 Å². The van der Waals surface area contributed by atoms with E-state index in [0.29, 0.717) is 34.0 Å². The summed E-state index contributed by atoms with van der Waals surface area (Å²) in [6, 6.07) is 13.7. The van der Waals surface area contributed by atoms with Crippen molar-refractivity contribution in [1.82, 2.24) is 5.16 Å². The quantitative estimate of drug-likeness (QED) is 0.720. The van der Waals surface area contributed by atoms with Crippen molar-refractivity contribution < 1.29 is 12.9 Å². The van der Waals surface area contributed by atoms with Gasteiger partial charge in [-0.1, -0.05) is 54.0 Å². The topological polar surface area (TPSA) is 86.2 Å². The van der Waals surface area contributed by atoms with Gasteiger partial charge < -0.3 is 4.52 Å². The molecular formula is C18H17ClN2O3S. The van der Waals surface area contributed by atoms with Crippen LogP contribution in [0.5, 0.6) is 0 Å². The molecule has 1 heterocycles. The van der Waals surface area contributed by atoms with E-state index >= 15 is 0 Å². The van der Waals surface area contributed by atoms with E-state index in [2.05, 4.69) is 5.16 Å². The molecule has 130 valence electrons. The second-order valence-corrected chi connectivity index (χ2v) is 7.59. The van der Waals surface area contributed by atoms with Gasteiger partial charge in [0.2, 0.25) is 10.0 Å². The summed E-state index contributed by atoms with van der Waals surface area (Å²) in [6.45, 7) is 2.01. The molecular weight excluding hydrogens is 360 g/mol. The Kier molecular flexibility index (Phi) is 4.94. The Bertz CT molecular complexity index is 995. The smallest absolute Gasteiger partial charge is 0.238 e. The molecule has 0 radical (unpaired) electrons. The van der Waals surface area contributed by atoms with E-state index in [9.17, 15) is 8.42 Å². The number of benzene rings is 2. The highest BCUT2D eigenvalue weighted by Crippen LogP contribution is 2.38. The van der Waals surface area contributed by atoms with Gasteiger partial charge in [0.15, 0.2) is 0 Å². The van der Waals surface area contributed by atoms with E-state index in [1.165, 1.54) is 6.07 Å². The second-order valence-electron chi connectivity index (χ2n) is 5.63. The van der Waals surface area contributed by atoms with E-state index in [1.54, 1.807) is 30.3 Å². The fourth-order valence-electron chi connectivity index (χ4n) is 2.73. The minimum atomic E-state index is -3.89. The standard InChI is InChI=1S/C18H17ClN2O3S/c1-2-5-15-17(14-6-3-4-7-16(14)25(20,22)23)18(21-24-15)12-8-10-13(19)11-9-12/h3-4,6-11H,2,5H2,1H3,(H2,20,22,23). The van der Waals surface area contributed by atoms with Crippen molar-refractivity contribution >= 4 is 21.6 Å². The molecule has 2 aromatic carbocycles. The Hall–Kier alpha value is -2.15. The molecule has 1 aromatic heterocycles. The van der Waals surface area contributed by atoms with Crippen LogP contribution in [0.25, 0.3) is 22.4 Å². The largest absolute Gasteiger partial charge is 0.360 e. The van der Waals surface area contributed by atoms with Gasteiger partial charge in [-0.2, -0.15) is 0 Å². The van der Waals surface area contributed by atoms with Crippen LogP contribution in [0.3, 0.4) is 0 Å². The Morgan fingerprint density at radius 2 is 1.80 bits per heavy atom. The molecule has 0 atom stereocenters. The molecule has 0 saturated carbocycles. The zero-order valence-corrected chi connectivity index (χ0v) is 15.1. The van der Waals surface area contributed by atoms with E-state index in [4.69, 9.17) is 21.3 Å². The van der Waals surface area contributed by atoms with E-state index in [1.807, 2.05) is 19.1 Å². The van der Waals surface area contributed by atoms with Crippen molar-refractivity contribution in [2.75, 3.05) is 0 Å². The van der Waals surface area contributed by atoms with Gasteiger partial charge in [-0.3, -0.25) is 0 Å². The Morgan fingerprint density at radius 3 is 2.44 bits per heavy atom. The van der Waals surface area contributed by atoms with Gasteiger partial charge in [0, 0.05) is 22.6 Å². The van der Waals surface area contributed by atoms with Gasteiger partial charge in [-0.25, -0.2) is 13.6 Å². The van der Waals surface area contributed by atoms with Crippen LogP contribution < -0.4 is 5.14 Å². The van der Waals surface area contributed by atoms with Crippen LogP contribution in [-0.4, -0.2) is 13.6 Å². The van der Waals surface area contributed by atoms with Crippen LogP contribution >= 0.6 is 11.6 Å². The highest BCUT2D eigenvalue weighted by molar-refractivity contribution is 7.89. The third-order valence-corrected chi connectivity index (χ3v) is 5.04. The summed E-state index contributed by atoms with van der Waals surface area (Å²) in [4.78, 5) is 0.0470. The predicted octanol–water partition coefficient (Wildman–Crippen LogP) is 4.26. The first-order valence-electron chi connectivity index (χ1n) is 7.78. The molecule has 25 heavy (non-hydrogen) atoms. The Morgan fingerprint density at radius 1 is 1.12 bits per heavy atom. The average Bonchev–Trinajstić information content (AvgIpc) is 2.99. The molecule has 2 N–H and O–H groups in total. The summed E-state index contributed by atoms with van der Waals surface area (Å²) >= 11 is 5.96. The van der Waals surface area contributed by atoms with Gasteiger partial charge in [-0.05, 0) is 24.6 Å². The predicted molar refractivity (Wildman–Crippen MR) is 97.8 cm³/mol. The summed E-state index contributed by atoms with van der Waals surface area (Å²) in [7, 11) is -3.89. The maximum atomic E-state index is 12.0. The lowest BCUT2D eigenvalue weighted by atomic mass is 9.97. The van der Waals surface area contributed by atoms with Crippen molar-refractivity contribution in [2.45, 2.75) is 24.7 Å². The molecule has 0 bridgehead atoms. The summed E-state index contributed by atoms with van der Waals surface area (Å²) in [5.74, 6) is 0.628. The molecule has 0 aliphatic rings. The SMILES string of the molecule is CCCc1onc(-c2ccc(Cl)cc2)c1-c1ccccc1S(N)(=O)=O. The van der Waals surface area contributed by atoms with Crippen LogP contribution in [0.15, 0.2) is 57.9 Å². The minimum Gasteiger partial charge on any atom is -0.360 e. The summed E-state index contributed by atoms with van der Waals surface area (Å²) in [5, 5.41) is 10.2. The fraction of sp³-hybridized carbons (Fsp3) is 0.167. The first kappa shape index (κ1) is 17.7. The summed E-state index contributed by atoms with van der Waals surface area (Å²) in [6.07, 6.45) is 1.47. The molecule has 3 aromatic rings. The normalized spacial score (nSPS) is 11.6. The highest BCUT2D eigenvalue weighted by Gasteiger charge is 2.24. The number of aromatic nitrogens is 1. The Labute approximate surface area is 151 Å². The zero-order valence-electron chi connectivity index (χ0n) is 13.6. The number of rotatable bonds is 5. The van der Waals surface area contributed by atoms with E-state index in [0.717, 1.165) is 12.0 Å². The van der Waals surface area contributed by atoms with Crippen molar-refractivity contribution in [2.24, 2.45) is 5.14 Å².